The number of nitrogens with zero attached hydrogens (tertiary/aromatic N) is 1. The molecule has 0 atom stereocenters. The maximum atomic E-state index is 11.6. The van der Waals surface area contributed by atoms with Crippen LogP contribution < -0.4 is 10.6 Å². The highest BCUT2D eigenvalue weighted by Gasteiger charge is 2.19. The molecule has 74 valence electrons. The first-order valence-corrected chi connectivity index (χ1v) is 4.76. The molecule has 5 heteroatoms. The molecule has 1 fully saturated rings. The van der Waals surface area contributed by atoms with E-state index in [1.54, 1.807) is 12.1 Å². The van der Waals surface area contributed by atoms with Gasteiger partial charge in [-0.15, -0.1) is 0 Å². The number of aromatic nitrogens is 1. The Morgan fingerprint density at radius 1 is 1.64 bits per heavy atom. The van der Waals surface area contributed by atoms with Gasteiger partial charge in [0.05, 0.1) is 6.04 Å². The molecule has 2 N–H and O–H groups in total. The molecular formula is C9H10ClN3O. The summed E-state index contributed by atoms with van der Waals surface area (Å²) in [7, 11) is 0. The van der Waals surface area contributed by atoms with Gasteiger partial charge < -0.3 is 10.6 Å². The van der Waals surface area contributed by atoms with Crippen molar-refractivity contribution in [1.29, 1.82) is 0 Å². The molecule has 1 aliphatic rings. The van der Waals surface area contributed by atoms with Crippen LogP contribution in [0.25, 0.3) is 0 Å². The van der Waals surface area contributed by atoms with Crippen LogP contribution in [0.1, 0.15) is 10.4 Å². The van der Waals surface area contributed by atoms with Crippen LogP contribution in [0.5, 0.6) is 0 Å². The summed E-state index contributed by atoms with van der Waals surface area (Å²) >= 11 is 5.67. The number of amides is 1. The van der Waals surface area contributed by atoms with Crippen LogP contribution in [0, 0.1) is 0 Å². The van der Waals surface area contributed by atoms with Crippen LogP contribution in [-0.4, -0.2) is 30.0 Å². The summed E-state index contributed by atoms with van der Waals surface area (Å²) in [5, 5.41) is 6.29. The van der Waals surface area contributed by atoms with Crippen molar-refractivity contribution in [2.24, 2.45) is 0 Å². The molecule has 0 aromatic carbocycles. The smallest absolute Gasteiger partial charge is 0.251 e. The summed E-state index contributed by atoms with van der Waals surface area (Å²) in [6, 6.07) is 3.45. The topological polar surface area (TPSA) is 54.0 Å². The summed E-state index contributed by atoms with van der Waals surface area (Å²) in [6.45, 7) is 1.68. The zero-order valence-corrected chi connectivity index (χ0v) is 8.21. The number of carbonyl (C=O) groups excluding carboxylic acids is 1. The Labute approximate surface area is 86.7 Å². The van der Waals surface area contributed by atoms with E-state index in [4.69, 9.17) is 11.6 Å². The van der Waals surface area contributed by atoms with E-state index in [2.05, 4.69) is 15.6 Å². The number of pyridine rings is 1. The second-order valence-corrected chi connectivity index (χ2v) is 3.58. The maximum Gasteiger partial charge on any atom is 0.251 e. The summed E-state index contributed by atoms with van der Waals surface area (Å²) in [4.78, 5) is 15.4. The Morgan fingerprint density at radius 2 is 2.43 bits per heavy atom. The first-order valence-electron chi connectivity index (χ1n) is 4.39. The molecule has 1 aromatic heterocycles. The van der Waals surface area contributed by atoms with Crippen LogP contribution in [-0.2, 0) is 0 Å². The monoisotopic (exact) mass is 211 g/mol. The van der Waals surface area contributed by atoms with E-state index < -0.39 is 0 Å². The Balaban J connectivity index is 2.02. The molecule has 4 nitrogen and oxygen atoms in total. The molecule has 0 unspecified atom stereocenters. The molecule has 0 spiro atoms. The van der Waals surface area contributed by atoms with Gasteiger partial charge in [0, 0.05) is 24.8 Å². The van der Waals surface area contributed by atoms with Gasteiger partial charge in [-0.2, -0.15) is 0 Å². The average molecular weight is 212 g/mol. The first kappa shape index (κ1) is 9.43. The zero-order valence-electron chi connectivity index (χ0n) is 7.46. The van der Waals surface area contributed by atoms with Gasteiger partial charge in [-0.05, 0) is 12.1 Å². The first-order chi connectivity index (χ1) is 6.75. The minimum atomic E-state index is -0.0965. The van der Waals surface area contributed by atoms with Gasteiger partial charge >= 0.3 is 0 Å². The van der Waals surface area contributed by atoms with E-state index in [9.17, 15) is 4.79 Å². The van der Waals surface area contributed by atoms with Gasteiger partial charge in [0.1, 0.15) is 5.15 Å². The summed E-state index contributed by atoms with van der Waals surface area (Å²) < 4.78 is 0. The fourth-order valence-electron chi connectivity index (χ4n) is 1.20. The lowest BCUT2D eigenvalue weighted by atomic mass is 10.1. The molecule has 2 heterocycles. The molecule has 0 bridgehead atoms. The van der Waals surface area contributed by atoms with Crippen molar-refractivity contribution in [1.82, 2.24) is 15.6 Å². The summed E-state index contributed by atoms with van der Waals surface area (Å²) in [6.07, 6.45) is 1.52. The molecule has 1 saturated heterocycles. The molecule has 0 saturated carbocycles. The fraction of sp³-hybridized carbons (Fsp3) is 0.333. The van der Waals surface area contributed by atoms with Crippen LogP contribution in [0.2, 0.25) is 5.15 Å². The van der Waals surface area contributed by atoms with Crippen molar-refractivity contribution < 1.29 is 4.79 Å². The second-order valence-electron chi connectivity index (χ2n) is 3.20. The second kappa shape index (κ2) is 3.94. The SMILES string of the molecule is O=C(NC1CNC1)c1ccnc(Cl)c1. The molecule has 0 radical (unpaired) electrons. The average Bonchev–Trinajstić information content (AvgIpc) is 2.11. The predicted octanol–water partition coefficient (Wildman–Crippen LogP) is 0.437. The van der Waals surface area contributed by atoms with E-state index in [1.165, 1.54) is 6.20 Å². The van der Waals surface area contributed by atoms with E-state index in [1.807, 2.05) is 0 Å². The zero-order chi connectivity index (χ0) is 9.97. The largest absolute Gasteiger partial charge is 0.347 e. The van der Waals surface area contributed by atoms with Gasteiger partial charge in [-0.3, -0.25) is 4.79 Å². The molecule has 1 aliphatic heterocycles. The number of halogens is 1. The van der Waals surface area contributed by atoms with Crippen molar-refractivity contribution in [2.45, 2.75) is 6.04 Å². The highest BCUT2D eigenvalue weighted by molar-refractivity contribution is 6.29. The number of carbonyl (C=O) groups is 1. The highest BCUT2D eigenvalue weighted by Crippen LogP contribution is 2.07. The number of hydrogen-bond acceptors (Lipinski definition) is 3. The Bertz CT molecular complexity index is 352. The quantitative estimate of drug-likeness (QED) is 0.698. The number of nitrogens with one attached hydrogen (secondary N) is 2. The Kier molecular flexibility index (Phi) is 2.65. The third-order valence-electron chi connectivity index (χ3n) is 2.11. The summed E-state index contributed by atoms with van der Waals surface area (Å²) in [5.41, 5.74) is 0.553. The van der Waals surface area contributed by atoms with E-state index in [0.29, 0.717) is 10.7 Å². The molecular weight excluding hydrogens is 202 g/mol. The third-order valence-corrected chi connectivity index (χ3v) is 2.31. The van der Waals surface area contributed by atoms with Crippen LogP contribution >= 0.6 is 11.6 Å². The fourth-order valence-corrected chi connectivity index (χ4v) is 1.38. The molecule has 2 rings (SSSR count). The minimum Gasteiger partial charge on any atom is -0.347 e. The highest BCUT2D eigenvalue weighted by atomic mass is 35.5. The van der Waals surface area contributed by atoms with Gasteiger partial charge in [0.15, 0.2) is 0 Å². The summed E-state index contributed by atoms with van der Waals surface area (Å²) in [5.74, 6) is -0.0965. The van der Waals surface area contributed by atoms with Crippen LogP contribution in [0.4, 0.5) is 0 Å². The van der Waals surface area contributed by atoms with E-state index in [0.717, 1.165) is 13.1 Å². The lowest BCUT2D eigenvalue weighted by Crippen LogP contribution is -2.56. The van der Waals surface area contributed by atoms with Crippen molar-refractivity contribution in [2.75, 3.05) is 13.1 Å². The van der Waals surface area contributed by atoms with Crippen molar-refractivity contribution in [3.05, 3.63) is 29.0 Å². The Morgan fingerprint density at radius 3 is 3.00 bits per heavy atom. The number of hydrogen-bond donors (Lipinski definition) is 2. The van der Waals surface area contributed by atoms with Gasteiger partial charge in [-0.1, -0.05) is 11.6 Å². The lowest BCUT2D eigenvalue weighted by molar-refractivity contribution is 0.0924. The molecule has 0 aliphatic carbocycles. The van der Waals surface area contributed by atoms with Crippen molar-refractivity contribution in [3.63, 3.8) is 0 Å². The Hall–Kier alpha value is -1.13. The van der Waals surface area contributed by atoms with Crippen molar-refractivity contribution >= 4 is 17.5 Å². The molecule has 1 aromatic rings. The van der Waals surface area contributed by atoms with E-state index in [-0.39, 0.29) is 11.9 Å². The van der Waals surface area contributed by atoms with Gasteiger partial charge in [0.25, 0.3) is 5.91 Å². The predicted molar refractivity (Wildman–Crippen MR) is 53.4 cm³/mol. The van der Waals surface area contributed by atoms with Crippen LogP contribution in [0.3, 0.4) is 0 Å². The van der Waals surface area contributed by atoms with Gasteiger partial charge in [0.2, 0.25) is 0 Å². The normalized spacial score (nSPS) is 16.1. The maximum absolute atomic E-state index is 11.6. The van der Waals surface area contributed by atoms with Crippen molar-refractivity contribution in [3.8, 4) is 0 Å². The standard InChI is InChI=1S/C9H10ClN3O/c10-8-3-6(1-2-12-8)9(14)13-7-4-11-5-7/h1-3,7,11H,4-5H2,(H,13,14). The van der Waals surface area contributed by atoms with E-state index >= 15 is 0 Å². The number of rotatable bonds is 2. The molecule has 1 amide bonds. The lowest BCUT2D eigenvalue weighted by Gasteiger charge is -2.27. The van der Waals surface area contributed by atoms with Gasteiger partial charge in [-0.25, -0.2) is 4.98 Å². The molecule has 14 heavy (non-hydrogen) atoms. The minimum absolute atomic E-state index is 0.0965. The third kappa shape index (κ3) is 2.02. The van der Waals surface area contributed by atoms with Crippen LogP contribution in [0.15, 0.2) is 18.3 Å².